The van der Waals surface area contributed by atoms with Gasteiger partial charge in [0.05, 0.1) is 0 Å². The molecule has 0 aromatic carbocycles. The van der Waals surface area contributed by atoms with Crippen molar-refractivity contribution in [3.8, 4) is 0 Å². The minimum absolute atomic E-state index is 0.750. The van der Waals surface area contributed by atoms with Crippen molar-refractivity contribution in [3.05, 3.63) is 11.8 Å². The highest BCUT2D eigenvalue weighted by Crippen LogP contribution is 2.20. The van der Waals surface area contributed by atoms with Gasteiger partial charge in [-0.2, -0.15) is 0 Å². The second-order valence-corrected chi connectivity index (χ2v) is 3.24. The van der Waals surface area contributed by atoms with Crippen molar-refractivity contribution in [2.45, 2.75) is 40.5 Å². The van der Waals surface area contributed by atoms with E-state index in [1.807, 2.05) is 0 Å². The van der Waals surface area contributed by atoms with E-state index in [1.54, 1.807) is 0 Å². The van der Waals surface area contributed by atoms with Crippen LogP contribution in [-0.4, -0.2) is 18.5 Å². The standard InChI is InChI=1S/C11H23N/c1-6-10(7-2)11(8-3)12(5)9-4/h8,10H,6-7,9H2,1-5H3/b11-8-. The van der Waals surface area contributed by atoms with Gasteiger partial charge >= 0.3 is 0 Å². The average Bonchev–Trinajstić information content (AvgIpc) is 2.12. The lowest BCUT2D eigenvalue weighted by Gasteiger charge is -2.27. The zero-order valence-corrected chi connectivity index (χ0v) is 9.22. The molecular weight excluding hydrogens is 146 g/mol. The lowest BCUT2D eigenvalue weighted by molar-refractivity contribution is 0.359. The minimum Gasteiger partial charge on any atom is -0.378 e. The van der Waals surface area contributed by atoms with Gasteiger partial charge in [0.1, 0.15) is 0 Å². The second kappa shape index (κ2) is 6.10. The van der Waals surface area contributed by atoms with Crippen molar-refractivity contribution in [2.24, 2.45) is 5.92 Å². The first-order valence-electron chi connectivity index (χ1n) is 5.08. The van der Waals surface area contributed by atoms with Gasteiger partial charge in [0.25, 0.3) is 0 Å². The van der Waals surface area contributed by atoms with Crippen LogP contribution in [0.15, 0.2) is 11.8 Å². The molecule has 0 aromatic heterocycles. The number of allylic oxidation sites excluding steroid dienone is 2. The third-order valence-electron chi connectivity index (χ3n) is 2.61. The topological polar surface area (TPSA) is 3.24 Å². The number of hydrogen-bond donors (Lipinski definition) is 0. The molecule has 0 aromatic rings. The highest BCUT2D eigenvalue weighted by molar-refractivity contribution is 5.03. The summed E-state index contributed by atoms with van der Waals surface area (Å²) in [6.07, 6.45) is 4.75. The second-order valence-electron chi connectivity index (χ2n) is 3.24. The van der Waals surface area contributed by atoms with Crippen LogP contribution in [0.1, 0.15) is 40.5 Å². The lowest BCUT2D eigenvalue weighted by Crippen LogP contribution is -2.22. The molecule has 0 saturated carbocycles. The van der Waals surface area contributed by atoms with Gasteiger partial charge in [0.15, 0.2) is 0 Å². The van der Waals surface area contributed by atoms with Gasteiger partial charge in [-0.25, -0.2) is 0 Å². The quantitative estimate of drug-likeness (QED) is 0.610. The fourth-order valence-corrected chi connectivity index (χ4v) is 1.66. The Balaban J connectivity index is 4.32. The first-order chi connectivity index (χ1) is 5.71. The molecule has 0 aliphatic heterocycles. The van der Waals surface area contributed by atoms with Crippen molar-refractivity contribution < 1.29 is 0 Å². The highest BCUT2D eigenvalue weighted by atomic mass is 15.1. The van der Waals surface area contributed by atoms with Crippen LogP contribution < -0.4 is 0 Å². The predicted molar refractivity (Wildman–Crippen MR) is 56.1 cm³/mol. The van der Waals surface area contributed by atoms with E-state index in [1.165, 1.54) is 18.5 Å². The molecule has 0 amide bonds. The maximum Gasteiger partial charge on any atom is 0.0143 e. The fourth-order valence-electron chi connectivity index (χ4n) is 1.66. The zero-order valence-electron chi connectivity index (χ0n) is 9.22. The summed E-state index contributed by atoms with van der Waals surface area (Å²) in [6, 6.07) is 0. The Bertz CT molecular complexity index is 134. The van der Waals surface area contributed by atoms with Gasteiger partial charge in [0, 0.05) is 19.3 Å². The van der Waals surface area contributed by atoms with E-state index < -0.39 is 0 Å². The Kier molecular flexibility index (Phi) is 5.87. The van der Waals surface area contributed by atoms with Crippen LogP contribution >= 0.6 is 0 Å². The summed E-state index contributed by atoms with van der Waals surface area (Å²) in [5.74, 6) is 0.750. The molecule has 0 N–H and O–H groups in total. The van der Waals surface area contributed by atoms with E-state index in [4.69, 9.17) is 0 Å². The third-order valence-corrected chi connectivity index (χ3v) is 2.61. The molecule has 1 heteroatoms. The van der Waals surface area contributed by atoms with E-state index >= 15 is 0 Å². The molecule has 0 unspecified atom stereocenters. The van der Waals surface area contributed by atoms with Gasteiger partial charge in [-0.3, -0.25) is 0 Å². The van der Waals surface area contributed by atoms with Crippen molar-refractivity contribution >= 4 is 0 Å². The van der Waals surface area contributed by atoms with Crippen LogP contribution in [0.2, 0.25) is 0 Å². The summed E-state index contributed by atoms with van der Waals surface area (Å²) in [5, 5.41) is 0. The van der Waals surface area contributed by atoms with Crippen molar-refractivity contribution in [1.82, 2.24) is 4.90 Å². The predicted octanol–water partition coefficient (Wildman–Crippen LogP) is 3.28. The first kappa shape index (κ1) is 11.5. The third kappa shape index (κ3) is 2.88. The number of nitrogens with zero attached hydrogens (tertiary/aromatic N) is 1. The summed E-state index contributed by atoms with van der Waals surface area (Å²) in [5.41, 5.74) is 1.50. The molecule has 72 valence electrons. The first-order valence-corrected chi connectivity index (χ1v) is 5.08. The Labute approximate surface area is 77.5 Å². The van der Waals surface area contributed by atoms with Gasteiger partial charge < -0.3 is 4.90 Å². The van der Waals surface area contributed by atoms with Crippen LogP contribution in [0.4, 0.5) is 0 Å². The SMILES string of the molecule is C/C=C(/C(CC)CC)N(C)CC. The molecule has 0 spiro atoms. The van der Waals surface area contributed by atoms with E-state index in [9.17, 15) is 0 Å². The molecule has 12 heavy (non-hydrogen) atoms. The van der Waals surface area contributed by atoms with E-state index in [2.05, 4.69) is 45.7 Å². The summed E-state index contributed by atoms with van der Waals surface area (Å²) in [4.78, 5) is 2.34. The molecule has 0 atom stereocenters. The van der Waals surface area contributed by atoms with Gasteiger partial charge in [-0.1, -0.05) is 19.9 Å². The van der Waals surface area contributed by atoms with Crippen molar-refractivity contribution in [2.75, 3.05) is 13.6 Å². The molecule has 0 heterocycles. The molecular formula is C11H23N. The Morgan fingerprint density at radius 1 is 1.25 bits per heavy atom. The van der Waals surface area contributed by atoms with Gasteiger partial charge in [-0.15, -0.1) is 0 Å². The Morgan fingerprint density at radius 3 is 2.00 bits per heavy atom. The van der Waals surface area contributed by atoms with Crippen LogP contribution in [0, 0.1) is 5.92 Å². The smallest absolute Gasteiger partial charge is 0.0143 e. The molecule has 0 radical (unpaired) electrons. The molecule has 0 bridgehead atoms. The summed E-state index contributed by atoms with van der Waals surface area (Å²) >= 11 is 0. The van der Waals surface area contributed by atoms with Gasteiger partial charge in [-0.05, 0) is 32.6 Å². The Morgan fingerprint density at radius 2 is 1.75 bits per heavy atom. The van der Waals surface area contributed by atoms with Crippen LogP contribution in [0.25, 0.3) is 0 Å². The zero-order chi connectivity index (χ0) is 9.56. The van der Waals surface area contributed by atoms with E-state index in [0.717, 1.165) is 12.5 Å². The highest BCUT2D eigenvalue weighted by Gasteiger charge is 2.11. The lowest BCUT2D eigenvalue weighted by atomic mass is 9.98. The molecule has 0 saturated heterocycles. The van der Waals surface area contributed by atoms with E-state index in [0.29, 0.717) is 0 Å². The maximum absolute atomic E-state index is 2.34. The molecule has 0 aliphatic rings. The number of rotatable bonds is 5. The molecule has 1 nitrogen and oxygen atoms in total. The molecule has 0 fully saturated rings. The monoisotopic (exact) mass is 169 g/mol. The normalized spacial score (nSPS) is 12.3. The van der Waals surface area contributed by atoms with E-state index in [-0.39, 0.29) is 0 Å². The molecule has 0 rings (SSSR count). The summed E-state index contributed by atoms with van der Waals surface area (Å²) in [6.45, 7) is 9.98. The average molecular weight is 169 g/mol. The largest absolute Gasteiger partial charge is 0.378 e. The maximum atomic E-state index is 2.34. The minimum atomic E-state index is 0.750. The number of hydrogen-bond acceptors (Lipinski definition) is 1. The van der Waals surface area contributed by atoms with Crippen LogP contribution in [0.3, 0.4) is 0 Å². The van der Waals surface area contributed by atoms with Gasteiger partial charge in [0.2, 0.25) is 0 Å². The Hall–Kier alpha value is -0.460. The molecule has 0 aliphatic carbocycles. The summed E-state index contributed by atoms with van der Waals surface area (Å²) in [7, 11) is 2.17. The van der Waals surface area contributed by atoms with Crippen LogP contribution in [0.5, 0.6) is 0 Å². The summed E-state index contributed by atoms with van der Waals surface area (Å²) < 4.78 is 0. The fraction of sp³-hybridized carbons (Fsp3) is 0.818. The van der Waals surface area contributed by atoms with Crippen LogP contribution in [-0.2, 0) is 0 Å². The van der Waals surface area contributed by atoms with Crippen molar-refractivity contribution in [3.63, 3.8) is 0 Å². The van der Waals surface area contributed by atoms with Crippen molar-refractivity contribution in [1.29, 1.82) is 0 Å².